The summed E-state index contributed by atoms with van der Waals surface area (Å²) in [5.41, 5.74) is 0.391. The lowest BCUT2D eigenvalue weighted by atomic mass is 10.2. The SMILES string of the molecule is COc1ccc([N+](=O)[O-])cc1S(=O)(=O)Nc1cccc2cccnc12. The number of para-hydroxylation sites is 1. The second-order valence-electron chi connectivity index (χ2n) is 5.08. The molecule has 3 rings (SSSR count). The Labute approximate surface area is 143 Å². The number of sulfonamides is 1. The molecule has 0 aliphatic carbocycles. The van der Waals surface area contributed by atoms with E-state index in [4.69, 9.17) is 4.74 Å². The zero-order valence-electron chi connectivity index (χ0n) is 13.0. The molecule has 9 heteroatoms. The van der Waals surface area contributed by atoms with Gasteiger partial charge in [-0.05, 0) is 18.2 Å². The Morgan fingerprint density at radius 2 is 1.92 bits per heavy atom. The van der Waals surface area contributed by atoms with E-state index in [0.717, 1.165) is 11.5 Å². The maximum absolute atomic E-state index is 12.8. The molecule has 0 aliphatic heterocycles. The Kier molecular flexibility index (Phi) is 4.24. The number of benzene rings is 2. The van der Waals surface area contributed by atoms with Crippen LogP contribution in [0.15, 0.2) is 59.6 Å². The summed E-state index contributed by atoms with van der Waals surface area (Å²) >= 11 is 0. The van der Waals surface area contributed by atoms with Gasteiger partial charge in [-0.25, -0.2) is 8.42 Å². The first-order valence-corrected chi connectivity index (χ1v) is 8.60. The largest absolute Gasteiger partial charge is 0.495 e. The zero-order chi connectivity index (χ0) is 18.0. The van der Waals surface area contributed by atoms with Crippen molar-refractivity contribution < 1.29 is 18.1 Å². The molecule has 0 aliphatic rings. The molecule has 1 aromatic heterocycles. The molecule has 2 aromatic carbocycles. The number of fused-ring (bicyclic) bond motifs is 1. The van der Waals surface area contributed by atoms with E-state index in [-0.39, 0.29) is 22.0 Å². The van der Waals surface area contributed by atoms with Crippen LogP contribution >= 0.6 is 0 Å². The number of hydrogen-bond donors (Lipinski definition) is 1. The highest BCUT2D eigenvalue weighted by molar-refractivity contribution is 7.92. The van der Waals surface area contributed by atoms with E-state index in [2.05, 4.69) is 9.71 Å². The number of anilines is 1. The normalized spacial score (nSPS) is 11.2. The van der Waals surface area contributed by atoms with Crippen molar-refractivity contribution in [2.45, 2.75) is 4.90 Å². The van der Waals surface area contributed by atoms with Gasteiger partial charge in [-0.2, -0.15) is 0 Å². The van der Waals surface area contributed by atoms with E-state index >= 15 is 0 Å². The second kappa shape index (κ2) is 6.36. The van der Waals surface area contributed by atoms with Crippen LogP contribution in [0.25, 0.3) is 10.9 Å². The van der Waals surface area contributed by atoms with Crippen molar-refractivity contribution in [3.8, 4) is 5.75 Å². The van der Waals surface area contributed by atoms with E-state index < -0.39 is 14.9 Å². The van der Waals surface area contributed by atoms with Crippen molar-refractivity contribution >= 4 is 32.3 Å². The van der Waals surface area contributed by atoms with E-state index in [0.29, 0.717) is 5.52 Å². The standard InChI is InChI=1S/C16H13N3O5S/c1-24-14-8-7-12(19(20)21)10-15(14)25(22,23)18-13-6-2-4-11-5-3-9-17-16(11)13/h2-10,18H,1H3. The van der Waals surface area contributed by atoms with E-state index in [9.17, 15) is 18.5 Å². The van der Waals surface area contributed by atoms with Crippen LogP contribution in [0.4, 0.5) is 11.4 Å². The second-order valence-corrected chi connectivity index (χ2v) is 6.73. The summed E-state index contributed by atoms with van der Waals surface area (Å²) < 4.78 is 33.0. The van der Waals surface area contributed by atoms with Crippen molar-refractivity contribution in [2.75, 3.05) is 11.8 Å². The van der Waals surface area contributed by atoms with Crippen LogP contribution in [0, 0.1) is 10.1 Å². The van der Waals surface area contributed by atoms with E-state index in [1.165, 1.54) is 19.2 Å². The lowest BCUT2D eigenvalue weighted by molar-refractivity contribution is -0.385. The van der Waals surface area contributed by atoms with Crippen LogP contribution in [-0.2, 0) is 10.0 Å². The van der Waals surface area contributed by atoms with Crippen LogP contribution in [0.1, 0.15) is 0 Å². The number of nitrogens with one attached hydrogen (secondary N) is 1. The molecule has 1 N–H and O–H groups in total. The highest BCUT2D eigenvalue weighted by Gasteiger charge is 2.24. The number of nitro groups is 1. The molecule has 0 fully saturated rings. The summed E-state index contributed by atoms with van der Waals surface area (Å²) in [6.07, 6.45) is 1.55. The van der Waals surface area contributed by atoms with E-state index in [1.807, 2.05) is 0 Å². The third-order valence-electron chi connectivity index (χ3n) is 3.52. The molecule has 0 saturated heterocycles. The fraction of sp³-hybridized carbons (Fsp3) is 0.0625. The number of non-ortho nitro benzene ring substituents is 1. The molecule has 3 aromatic rings. The molecule has 128 valence electrons. The Balaban J connectivity index is 2.10. The van der Waals surface area contributed by atoms with E-state index in [1.54, 1.807) is 36.5 Å². The van der Waals surface area contributed by atoms with Gasteiger partial charge in [0.25, 0.3) is 15.7 Å². The molecule has 1 heterocycles. The van der Waals surface area contributed by atoms with Crippen molar-refractivity contribution in [3.63, 3.8) is 0 Å². The topological polar surface area (TPSA) is 111 Å². The summed E-state index contributed by atoms with van der Waals surface area (Å²) in [7, 11) is -2.83. The summed E-state index contributed by atoms with van der Waals surface area (Å²) in [6.45, 7) is 0. The summed E-state index contributed by atoms with van der Waals surface area (Å²) in [6, 6.07) is 12.0. The summed E-state index contributed by atoms with van der Waals surface area (Å²) in [5, 5.41) is 11.7. The van der Waals surface area contributed by atoms with Crippen LogP contribution in [0.5, 0.6) is 5.75 Å². The number of methoxy groups -OCH3 is 1. The quantitative estimate of drug-likeness (QED) is 0.554. The monoisotopic (exact) mass is 359 g/mol. The predicted molar refractivity (Wildman–Crippen MR) is 92.2 cm³/mol. The average Bonchev–Trinajstić information content (AvgIpc) is 2.61. The third-order valence-corrected chi connectivity index (χ3v) is 4.91. The molecule has 0 spiro atoms. The lowest BCUT2D eigenvalue weighted by Crippen LogP contribution is -2.15. The first-order valence-electron chi connectivity index (χ1n) is 7.11. The minimum Gasteiger partial charge on any atom is -0.495 e. The fourth-order valence-electron chi connectivity index (χ4n) is 2.38. The number of aromatic nitrogens is 1. The van der Waals surface area contributed by atoms with Gasteiger partial charge in [0.2, 0.25) is 0 Å². The van der Waals surface area contributed by atoms with Gasteiger partial charge in [0.05, 0.1) is 23.2 Å². The molecule has 8 nitrogen and oxygen atoms in total. The summed E-state index contributed by atoms with van der Waals surface area (Å²) in [4.78, 5) is 14.1. The minimum atomic E-state index is -4.12. The van der Waals surface area contributed by atoms with Gasteiger partial charge >= 0.3 is 0 Å². The molecule has 0 unspecified atom stereocenters. The average molecular weight is 359 g/mol. The van der Waals surface area contributed by atoms with Gasteiger partial charge < -0.3 is 4.74 Å². The maximum Gasteiger partial charge on any atom is 0.271 e. The smallest absolute Gasteiger partial charge is 0.271 e. The number of nitrogens with zero attached hydrogens (tertiary/aromatic N) is 2. The highest BCUT2D eigenvalue weighted by Crippen LogP contribution is 2.31. The molecule has 0 saturated carbocycles. The molecule has 0 amide bonds. The van der Waals surface area contributed by atoms with Gasteiger partial charge in [-0.1, -0.05) is 18.2 Å². The van der Waals surface area contributed by atoms with Gasteiger partial charge in [0, 0.05) is 23.7 Å². The molecule has 0 atom stereocenters. The van der Waals surface area contributed by atoms with Crippen LogP contribution in [0.2, 0.25) is 0 Å². The Morgan fingerprint density at radius 1 is 1.16 bits per heavy atom. The number of rotatable bonds is 5. The van der Waals surface area contributed by atoms with Gasteiger partial charge in [-0.3, -0.25) is 19.8 Å². The zero-order valence-corrected chi connectivity index (χ0v) is 13.9. The maximum atomic E-state index is 12.8. The van der Waals surface area contributed by atoms with Crippen LogP contribution in [0.3, 0.4) is 0 Å². The van der Waals surface area contributed by atoms with Gasteiger partial charge in [-0.15, -0.1) is 0 Å². The van der Waals surface area contributed by atoms with Crippen LogP contribution in [-0.4, -0.2) is 25.4 Å². The van der Waals surface area contributed by atoms with Crippen molar-refractivity contribution in [3.05, 3.63) is 64.8 Å². The van der Waals surface area contributed by atoms with Crippen molar-refractivity contribution in [1.82, 2.24) is 4.98 Å². The minimum absolute atomic E-state index is 0.00583. The molecular weight excluding hydrogens is 346 g/mol. The summed E-state index contributed by atoms with van der Waals surface area (Å²) in [5.74, 6) is 0.00583. The van der Waals surface area contributed by atoms with Crippen LogP contribution < -0.4 is 9.46 Å². The first kappa shape index (κ1) is 16.7. The molecule has 0 bridgehead atoms. The molecular formula is C16H13N3O5S. The third kappa shape index (κ3) is 3.22. The Bertz CT molecular complexity index is 1060. The van der Waals surface area contributed by atoms with Crippen molar-refractivity contribution in [1.29, 1.82) is 0 Å². The molecule has 25 heavy (non-hydrogen) atoms. The number of nitro benzene ring substituents is 1. The first-order chi connectivity index (χ1) is 11.9. The highest BCUT2D eigenvalue weighted by atomic mass is 32.2. The number of hydrogen-bond acceptors (Lipinski definition) is 6. The van der Waals surface area contributed by atoms with Gasteiger partial charge in [0.1, 0.15) is 10.6 Å². The number of pyridine rings is 1. The van der Waals surface area contributed by atoms with Crippen molar-refractivity contribution in [2.24, 2.45) is 0 Å². The fourth-order valence-corrected chi connectivity index (χ4v) is 3.63. The molecule has 0 radical (unpaired) electrons. The Morgan fingerprint density at radius 3 is 2.64 bits per heavy atom. The lowest BCUT2D eigenvalue weighted by Gasteiger charge is -2.12. The Hall–Kier alpha value is -3.20. The number of ether oxygens (including phenoxy) is 1. The van der Waals surface area contributed by atoms with Gasteiger partial charge in [0.15, 0.2) is 0 Å². The predicted octanol–water partition coefficient (Wildman–Crippen LogP) is 2.95.